The van der Waals surface area contributed by atoms with Crippen molar-refractivity contribution < 1.29 is 9.53 Å². The number of anilines is 2. The number of nitrogens with two attached hydrogens (primary N) is 1. The molecule has 0 saturated carbocycles. The highest BCUT2D eigenvalue weighted by molar-refractivity contribution is 6.32. The molecule has 0 aliphatic heterocycles. The maximum Gasteiger partial charge on any atom is 0.246 e. The zero-order valence-electron chi connectivity index (χ0n) is 12.8. The summed E-state index contributed by atoms with van der Waals surface area (Å²) in [6, 6.07) is 10.3. The van der Waals surface area contributed by atoms with Crippen molar-refractivity contribution >= 4 is 28.9 Å². The number of carbonyl (C=O) groups is 1. The van der Waals surface area contributed by atoms with Crippen LogP contribution in [0.25, 0.3) is 0 Å². The number of hydrogen-bond donors (Lipinski definition) is 3. The van der Waals surface area contributed by atoms with Crippen LogP contribution in [-0.4, -0.2) is 30.1 Å². The van der Waals surface area contributed by atoms with E-state index in [4.69, 9.17) is 22.1 Å². The third-order valence-electron chi connectivity index (χ3n) is 3.03. The fraction of sp³-hybridized carbons (Fsp3) is 0.250. The third kappa shape index (κ3) is 5.12. The molecule has 1 unspecified atom stereocenters. The Bertz CT molecular complexity index is 649. The molecule has 1 amide bonds. The molecule has 1 atom stereocenters. The molecule has 2 rings (SSSR count). The number of rotatable bonds is 7. The average molecular weight is 335 g/mol. The molecule has 4 N–H and O–H groups in total. The van der Waals surface area contributed by atoms with Crippen LogP contribution in [0.3, 0.4) is 0 Å². The van der Waals surface area contributed by atoms with Crippen LogP contribution < -0.4 is 21.1 Å². The maximum atomic E-state index is 12.2. The largest absolute Gasteiger partial charge is 0.492 e. The van der Waals surface area contributed by atoms with Gasteiger partial charge in [-0.15, -0.1) is 0 Å². The number of nitrogens with one attached hydrogen (secondary N) is 2. The Kier molecular flexibility index (Phi) is 6.19. The van der Waals surface area contributed by atoms with Crippen LogP contribution in [0.4, 0.5) is 11.4 Å². The number of ether oxygens (including phenoxy) is 1. The number of pyridine rings is 1. The van der Waals surface area contributed by atoms with Crippen molar-refractivity contribution in [2.45, 2.75) is 13.0 Å². The fourth-order valence-corrected chi connectivity index (χ4v) is 2.03. The summed E-state index contributed by atoms with van der Waals surface area (Å²) in [5.41, 5.74) is 6.68. The van der Waals surface area contributed by atoms with Gasteiger partial charge in [0.05, 0.1) is 5.69 Å². The summed E-state index contributed by atoms with van der Waals surface area (Å²) in [5.74, 6) is 0.531. The molecule has 6 nitrogen and oxygen atoms in total. The second-order valence-corrected chi connectivity index (χ2v) is 5.22. The molecule has 1 aromatic carbocycles. The predicted octanol–water partition coefficient (Wildman–Crippen LogP) is 2.51. The van der Waals surface area contributed by atoms with Gasteiger partial charge in [-0.25, -0.2) is 4.98 Å². The van der Waals surface area contributed by atoms with Gasteiger partial charge in [0, 0.05) is 18.4 Å². The number of hydrogen-bond acceptors (Lipinski definition) is 5. The SMILES string of the molecule is CC(Nc1ccc(OCCN)cc1)C(=O)Nc1cccnc1Cl. The Morgan fingerprint density at radius 2 is 2.09 bits per heavy atom. The van der Waals surface area contributed by atoms with Gasteiger partial charge in [-0.1, -0.05) is 11.6 Å². The zero-order valence-corrected chi connectivity index (χ0v) is 13.5. The van der Waals surface area contributed by atoms with Gasteiger partial charge in [-0.05, 0) is 43.3 Å². The molecule has 0 spiro atoms. The molecular formula is C16H19ClN4O2. The maximum absolute atomic E-state index is 12.2. The topological polar surface area (TPSA) is 89.3 Å². The van der Waals surface area contributed by atoms with Crippen molar-refractivity contribution in [2.75, 3.05) is 23.8 Å². The highest BCUT2D eigenvalue weighted by Crippen LogP contribution is 2.19. The van der Waals surface area contributed by atoms with E-state index in [2.05, 4.69) is 15.6 Å². The molecule has 0 bridgehead atoms. The predicted molar refractivity (Wildman–Crippen MR) is 92.0 cm³/mol. The van der Waals surface area contributed by atoms with Gasteiger partial charge in [0.15, 0.2) is 5.15 Å². The fourth-order valence-electron chi connectivity index (χ4n) is 1.86. The Labute approximate surface area is 140 Å². The first-order valence-electron chi connectivity index (χ1n) is 7.21. The van der Waals surface area contributed by atoms with E-state index in [-0.39, 0.29) is 11.1 Å². The Hall–Kier alpha value is -2.31. The number of aromatic nitrogens is 1. The molecule has 1 heterocycles. The van der Waals surface area contributed by atoms with Gasteiger partial charge in [0.1, 0.15) is 18.4 Å². The van der Waals surface area contributed by atoms with E-state index in [1.807, 2.05) is 24.3 Å². The first kappa shape index (κ1) is 17.1. The van der Waals surface area contributed by atoms with Crippen molar-refractivity contribution in [3.05, 3.63) is 47.7 Å². The molecule has 1 aromatic heterocycles. The van der Waals surface area contributed by atoms with Crippen LogP contribution in [0, 0.1) is 0 Å². The van der Waals surface area contributed by atoms with Crippen LogP contribution in [0.2, 0.25) is 5.15 Å². The number of amides is 1. The van der Waals surface area contributed by atoms with Gasteiger partial charge in [0.25, 0.3) is 0 Å². The Morgan fingerprint density at radius 3 is 2.74 bits per heavy atom. The van der Waals surface area contributed by atoms with E-state index in [0.29, 0.717) is 18.8 Å². The van der Waals surface area contributed by atoms with Crippen molar-refractivity contribution in [2.24, 2.45) is 5.73 Å². The van der Waals surface area contributed by atoms with Gasteiger partial charge < -0.3 is 21.1 Å². The van der Waals surface area contributed by atoms with E-state index in [9.17, 15) is 4.79 Å². The van der Waals surface area contributed by atoms with E-state index in [1.54, 1.807) is 25.3 Å². The first-order chi connectivity index (χ1) is 11.1. The van der Waals surface area contributed by atoms with E-state index in [1.165, 1.54) is 0 Å². The lowest BCUT2D eigenvalue weighted by Gasteiger charge is -2.16. The number of nitrogens with zero attached hydrogens (tertiary/aromatic N) is 1. The lowest BCUT2D eigenvalue weighted by molar-refractivity contribution is -0.116. The monoisotopic (exact) mass is 334 g/mol. The summed E-state index contributed by atoms with van der Waals surface area (Å²) in [6.07, 6.45) is 1.56. The van der Waals surface area contributed by atoms with Crippen molar-refractivity contribution in [1.82, 2.24) is 4.98 Å². The summed E-state index contributed by atoms with van der Waals surface area (Å²) < 4.78 is 5.40. The van der Waals surface area contributed by atoms with Crippen LogP contribution in [0.1, 0.15) is 6.92 Å². The van der Waals surface area contributed by atoms with E-state index >= 15 is 0 Å². The molecule has 2 aromatic rings. The quantitative estimate of drug-likeness (QED) is 0.677. The minimum absolute atomic E-state index is 0.205. The summed E-state index contributed by atoms with van der Waals surface area (Å²) in [6.45, 7) is 2.70. The van der Waals surface area contributed by atoms with Crippen LogP contribution >= 0.6 is 11.6 Å². The second kappa shape index (κ2) is 8.36. The smallest absolute Gasteiger partial charge is 0.246 e. The lowest BCUT2D eigenvalue weighted by atomic mass is 10.2. The normalized spacial score (nSPS) is 11.6. The zero-order chi connectivity index (χ0) is 16.7. The first-order valence-corrected chi connectivity index (χ1v) is 7.59. The highest BCUT2D eigenvalue weighted by atomic mass is 35.5. The minimum atomic E-state index is -0.443. The molecule has 0 radical (unpaired) electrons. The van der Waals surface area contributed by atoms with Crippen molar-refractivity contribution in [1.29, 1.82) is 0 Å². The molecule has 122 valence electrons. The molecule has 0 fully saturated rings. The third-order valence-corrected chi connectivity index (χ3v) is 3.34. The molecule has 7 heteroatoms. The standard InChI is InChI=1S/C16H19ClN4O2/c1-11(16(22)21-14-3-2-9-19-15(14)17)20-12-4-6-13(7-5-12)23-10-8-18/h2-7,9,11,20H,8,10,18H2,1H3,(H,21,22). The summed E-state index contributed by atoms with van der Waals surface area (Å²) >= 11 is 5.92. The van der Waals surface area contributed by atoms with Crippen LogP contribution in [0.15, 0.2) is 42.6 Å². The van der Waals surface area contributed by atoms with Gasteiger partial charge in [-0.3, -0.25) is 4.79 Å². The Balaban J connectivity index is 1.91. The summed E-state index contributed by atoms with van der Waals surface area (Å²) in [5, 5.41) is 6.10. The van der Waals surface area contributed by atoms with Gasteiger partial charge in [0.2, 0.25) is 5.91 Å². The Morgan fingerprint density at radius 1 is 1.35 bits per heavy atom. The highest BCUT2D eigenvalue weighted by Gasteiger charge is 2.14. The minimum Gasteiger partial charge on any atom is -0.492 e. The molecule has 23 heavy (non-hydrogen) atoms. The lowest BCUT2D eigenvalue weighted by Crippen LogP contribution is -2.32. The van der Waals surface area contributed by atoms with Crippen LogP contribution in [0.5, 0.6) is 5.75 Å². The molecule has 0 saturated heterocycles. The number of carbonyl (C=O) groups excluding carboxylic acids is 1. The number of halogens is 1. The van der Waals surface area contributed by atoms with Crippen molar-refractivity contribution in [3.8, 4) is 5.75 Å². The summed E-state index contributed by atoms with van der Waals surface area (Å²) in [7, 11) is 0. The molecule has 0 aliphatic rings. The number of benzene rings is 1. The summed E-state index contributed by atoms with van der Waals surface area (Å²) in [4.78, 5) is 16.1. The van der Waals surface area contributed by atoms with Gasteiger partial charge >= 0.3 is 0 Å². The van der Waals surface area contributed by atoms with E-state index in [0.717, 1.165) is 11.4 Å². The molecular weight excluding hydrogens is 316 g/mol. The van der Waals surface area contributed by atoms with Crippen molar-refractivity contribution in [3.63, 3.8) is 0 Å². The van der Waals surface area contributed by atoms with E-state index < -0.39 is 6.04 Å². The second-order valence-electron chi connectivity index (χ2n) is 4.86. The average Bonchev–Trinajstić information content (AvgIpc) is 2.56. The van der Waals surface area contributed by atoms with Crippen LogP contribution in [-0.2, 0) is 4.79 Å². The van der Waals surface area contributed by atoms with Gasteiger partial charge in [-0.2, -0.15) is 0 Å². The molecule has 0 aliphatic carbocycles.